The predicted molar refractivity (Wildman–Crippen MR) is 286 cm³/mol. The van der Waals surface area contributed by atoms with E-state index in [1.165, 1.54) is 75.5 Å². The molecule has 4 heteroatoms. The normalized spacial score (nSPS) is 12.7. The van der Waals surface area contributed by atoms with Crippen molar-refractivity contribution in [2.24, 2.45) is 0 Å². The molecule has 2 aromatic heterocycles. The van der Waals surface area contributed by atoms with Gasteiger partial charge in [-0.15, -0.1) is 11.3 Å². The first kappa shape index (κ1) is 39.2. The van der Waals surface area contributed by atoms with Crippen LogP contribution < -0.4 is 9.80 Å². The topological polar surface area (TPSA) is 22.3 Å². The second kappa shape index (κ2) is 15.5. The Morgan fingerprint density at radius 3 is 1.63 bits per heavy atom. The Morgan fingerprint density at radius 1 is 0.343 bits per heavy atom. The molecule has 0 amide bonds. The lowest BCUT2D eigenvalue weighted by atomic mass is 9.82. The molecule has 0 radical (unpaired) electrons. The van der Waals surface area contributed by atoms with Gasteiger partial charge >= 0.3 is 0 Å². The maximum absolute atomic E-state index is 3.88. The van der Waals surface area contributed by atoms with Crippen LogP contribution in [0.4, 0.5) is 34.1 Å². The Morgan fingerprint density at radius 2 is 0.866 bits per heavy atom. The second-order valence-corrected chi connectivity index (χ2v) is 19.3. The lowest BCUT2D eigenvalue weighted by Crippen LogP contribution is -2.16. The zero-order valence-electron chi connectivity index (χ0n) is 37.2. The Kier molecular flexibility index (Phi) is 9.06. The van der Waals surface area contributed by atoms with Crippen molar-refractivity contribution in [3.63, 3.8) is 0 Å². The zero-order valence-corrected chi connectivity index (χ0v) is 38.1. The van der Waals surface area contributed by atoms with Gasteiger partial charge in [-0.3, -0.25) is 0 Å². The van der Waals surface area contributed by atoms with Gasteiger partial charge in [-0.1, -0.05) is 159 Å². The third-order valence-corrected chi connectivity index (χ3v) is 15.1. The number of nitrogens with one attached hydrogen (secondary N) is 1. The predicted octanol–water partition coefficient (Wildman–Crippen LogP) is 18.3. The molecule has 0 bridgehead atoms. The van der Waals surface area contributed by atoms with E-state index in [1.807, 2.05) is 11.3 Å². The molecule has 1 aliphatic carbocycles. The van der Waals surface area contributed by atoms with E-state index in [4.69, 9.17) is 0 Å². The van der Waals surface area contributed by atoms with E-state index in [1.54, 1.807) is 0 Å². The number of rotatable bonds is 8. The van der Waals surface area contributed by atoms with Crippen LogP contribution in [-0.4, -0.2) is 4.98 Å². The molecule has 0 spiro atoms. The van der Waals surface area contributed by atoms with Crippen molar-refractivity contribution in [2.75, 3.05) is 9.80 Å². The zero-order chi connectivity index (χ0) is 44.6. The van der Waals surface area contributed by atoms with Crippen molar-refractivity contribution in [3.05, 3.63) is 242 Å². The first-order valence-corrected chi connectivity index (χ1v) is 23.9. The van der Waals surface area contributed by atoms with Crippen molar-refractivity contribution in [1.82, 2.24) is 4.98 Å². The third-order valence-electron chi connectivity index (χ3n) is 14.0. The van der Waals surface area contributed by atoms with Gasteiger partial charge in [0.1, 0.15) is 0 Å². The first-order chi connectivity index (χ1) is 33.0. The standard InChI is InChI=1S/C63H45N3S/c1-63(2)57-24-13-12-21-51(57)52-34-30-48(39-58(52)63)66(46-28-25-42(26-29-46)41-15-6-3-7-16-41)47-32-36-59-56(38-47)55-23-14-22-50(62(55)64-59)43-27-33-53-54-35-31-49(40-61(54)67-60(53)37-43)65(44-17-8-4-9-18-44)45-19-10-5-11-20-45/h3-40,64H,1-2H3. The molecule has 0 saturated carbocycles. The highest BCUT2D eigenvalue weighted by Crippen LogP contribution is 2.51. The summed E-state index contributed by atoms with van der Waals surface area (Å²) in [4.78, 5) is 8.64. The van der Waals surface area contributed by atoms with Gasteiger partial charge < -0.3 is 14.8 Å². The van der Waals surface area contributed by atoms with E-state index in [2.05, 4.69) is 259 Å². The average molecular weight is 876 g/mol. The molecule has 3 nitrogen and oxygen atoms in total. The summed E-state index contributed by atoms with van der Waals surface area (Å²) in [6, 6.07) is 84.4. The van der Waals surface area contributed by atoms with Crippen molar-refractivity contribution in [3.8, 4) is 33.4 Å². The van der Waals surface area contributed by atoms with Crippen LogP contribution >= 0.6 is 11.3 Å². The molecular formula is C63H45N3S. The lowest BCUT2D eigenvalue weighted by Gasteiger charge is -2.28. The van der Waals surface area contributed by atoms with Crippen LogP contribution in [0.3, 0.4) is 0 Å². The summed E-state index contributed by atoms with van der Waals surface area (Å²) >= 11 is 1.86. The van der Waals surface area contributed by atoms with E-state index in [0.29, 0.717) is 0 Å². The summed E-state index contributed by atoms with van der Waals surface area (Å²) < 4.78 is 2.55. The van der Waals surface area contributed by atoms with E-state index in [9.17, 15) is 0 Å². The fraction of sp³-hybridized carbons (Fsp3) is 0.0476. The van der Waals surface area contributed by atoms with Gasteiger partial charge in [0, 0.05) is 81.6 Å². The van der Waals surface area contributed by atoms with Crippen molar-refractivity contribution < 1.29 is 0 Å². The highest BCUT2D eigenvalue weighted by Gasteiger charge is 2.36. The lowest BCUT2D eigenvalue weighted by molar-refractivity contribution is 0.660. The summed E-state index contributed by atoms with van der Waals surface area (Å²) in [5, 5.41) is 4.97. The molecular weight excluding hydrogens is 831 g/mol. The van der Waals surface area contributed by atoms with Gasteiger partial charge in [0.25, 0.3) is 0 Å². The minimum atomic E-state index is -0.115. The Labute approximate surface area is 394 Å². The number of aromatic nitrogens is 1. The monoisotopic (exact) mass is 875 g/mol. The summed E-state index contributed by atoms with van der Waals surface area (Å²) in [5.41, 5.74) is 19.1. The molecule has 1 N–H and O–H groups in total. The maximum atomic E-state index is 3.88. The van der Waals surface area contributed by atoms with Crippen LogP contribution in [0.5, 0.6) is 0 Å². The van der Waals surface area contributed by atoms with Crippen LogP contribution in [-0.2, 0) is 5.41 Å². The molecule has 13 rings (SSSR count). The number of H-pyrrole nitrogens is 1. The maximum Gasteiger partial charge on any atom is 0.0544 e. The van der Waals surface area contributed by atoms with Gasteiger partial charge in [-0.25, -0.2) is 0 Å². The average Bonchev–Trinajstić information content (AvgIpc) is 4.02. The molecule has 2 heterocycles. The van der Waals surface area contributed by atoms with Gasteiger partial charge in [-0.05, 0) is 124 Å². The second-order valence-electron chi connectivity index (χ2n) is 18.2. The fourth-order valence-corrected chi connectivity index (χ4v) is 11.9. The highest BCUT2D eigenvalue weighted by atomic mass is 32.1. The Bertz CT molecular complexity index is 3790. The van der Waals surface area contributed by atoms with Crippen LogP contribution in [0.15, 0.2) is 231 Å². The van der Waals surface area contributed by atoms with Gasteiger partial charge in [0.15, 0.2) is 0 Å². The van der Waals surface area contributed by atoms with Crippen molar-refractivity contribution >= 4 is 87.4 Å². The number of para-hydroxylation sites is 3. The molecule has 318 valence electrons. The molecule has 12 aromatic rings. The number of anilines is 6. The fourth-order valence-electron chi connectivity index (χ4n) is 10.7. The van der Waals surface area contributed by atoms with E-state index >= 15 is 0 Å². The quantitative estimate of drug-likeness (QED) is 0.164. The molecule has 10 aromatic carbocycles. The van der Waals surface area contributed by atoms with E-state index in [0.717, 1.165) is 45.2 Å². The van der Waals surface area contributed by atoms with Crippen LogP contribution in [0.2, 0.25) is 0 Å². The minimum absolute atomic E-state index is 0.115. The minimum Gasteiger partial charge on any atom is -0.354 e. The van der Waals surface area contributed by atoms with E-state index in [-0.39, 0.29) is 5.41 Å². The summed E-state index contributed by atoms with van der Waals surface area (Å²) in [6.45, 7) is 4.72. The number of benzene rings is 10. The van der Waals surface area contributed by atoms with Crippen LogP contribution in [0.25, 0.3) is 75.4 Å². The number of fused-ring (bicyclic) bond motifs is 9. The van der Waals surface area contributed by atoms with Gasteiger partial charge in [0.2, 0.25) is 0 Å². The van der Waals surface area contributed by atoms with Crippen molar-refractivity contribution in [1.29, 1.82) is 0 Å². The number of hydrogen-bond donors (Lipinski definition) is 1. The molecule has 0 atom stereocenters. The first-order valence-electron chi connectivity index (χ1n) is 23.1. The van der Waals surface area contributed by atoms with E-state index < -0.39 is 0 Å². The largest absolute Gasteiger partial charge is 0.354 e. The van der Waals surface area contributed by atoms with Crippen LogP contribution in [0, 0.1) is 0 Å². The molecule has 0 saturated heterocycles. The van der Waals surface area contributed by atoms with Crippen LogP contribution in [0.1, 0.15) is 25.0 Å². The third kappa shape index (κ3) is 6.47. The molecule has 0 fully saturated rings. The number of hydrogen-bond acceptors (Lipinski definition) is 3. The van der Waals surface area contributed by atoms with Crippen molar-refractivity contribution in [2.45, 2.75) is 19.3 Å². The molecule has 1 aliphatic rings. The Balaban J connectivity index is 0.903. The molecule has 67 heavy (non-hydrogen) atoms. The number of thiophene rings is 1. The van der Waals surface area contributed by atoms with Gasteiger partial charge in [-0.2, -0.15) is 0 Å². The molecule has 0 aliphatic heterocycles. The number of aromatic amines is 1. The highest BCUT2D eigenvalue weighted by molar-refractivity contribution is 7.25. The summed E-state index contributed by atoms with van der Waals surface area (Å²) in [5.74, 6) is 0. The molecule has 0 unspecified atom stereocenters. The summed E-state index contributed by atoms with van der Waals surface area (Å²) in [6.07, 6.45) is 0. The Hall–Kier alpha value is -8.18. The smallest absolute Gasteiger partial charge is 0.0544 e. The SMILES string of the molecule is CC1(C)c2ccccc2-c2ccc(N(c3ccc(-c4ccccc4)cc3)c3ccc4[nH]c5c(-c6ccc7c(c6)sc6cc(N(c8ccccc8)c8ccccc8)ccc67)cccc5c4c3)cc21. The summed E-state index contributed by atoms with van der Waals surface area (Å²) in [7, 11) is 0. The number of nitrogens with zero attached hydrogens (tertiary/aromatic N) is 2. The van der Waals surface area contributed by atoms with Gasteiger partial charge in [0.05, 0.1) is 5.52 Å².